The fraction of sp³-hybridized carbons (Fsp3) is 0.312. The van der Waals surface area contributed by atoms with E-state index in [1.54, 1.807) is 6.07 Å². The van der Waals surface area contributed by atoms with Gasteiger partial charge in [-0.1, -0.05) is 0 Å². The number of nitrogens with zero attached hydrogens (tertiary/aromatic N) is 1. The van der Waals surface area contributed by atoms with Crippen molar-refractivity contribution in [3.63, 3.8) is 0 Å². The van der Waals surface area contributed by atoms with E-state index >= 15 is 0 Å². The van der Waals surface area contributed by atoms with Crippen molar-refractivity contribution >= 4 is 80.5 Å². The summed E-state index contributed by atoms with van der Waals surface area (Å²) in [5, 5.41) is 21.2. The Labute approximate surface area is 174 Å². The van der Waals surface area contributed by atoms with Gasteiger partial charge in [-0.25, -0.2) is 0 Å². The summed E-state index contributed by atoms with van der Waals surface area (Å²) in [6.45, 7) is 0. The monoisotopic (exact) mass is 547 g/mol. The Bertz CT molecular complexity index is 848. The normalized spacial score (nSPS) is 25.9. The van der Waals surface area contributed by atoms with Gasteiger partial charge in [0.25, 0.3) is 0 Å². The van der Waals surface area contributed by atoms with Crippen molar-refractivity contribution in [1.82, 2.24) is 0 Å². The molecule has 0 spiro atoms. The van der Waals surface area contributed by atoms with Crippen LogP contribution in [0.15, 0.2) is 39.4 Å². The number of benzene rings is 1. The summed E-state index contributed by atoms with van der Waals surface area (Å²) >= 11 is -2.86. The number of hydrogen-bond donors (Lipinski definition) is 2. The molecule has 1 atom stereocenters. The zero-order valence-electron chi connectivity index (χ0n) is 13.5. The van der Waals surface area contributed by atoms with Crippen LogP contribution in [-0.4, -0.2) is 69.7 Å². The molecule has 1 aliphatic carbocycles. The second-order valence-corrected chi connectivity index (χ2v) is 29.0. The first-order chi connectivity index (χ1) is 12.7. The molecule has 1 aromatic rings. The zero-order valence-corrected chi connectivity index (χ0v) is 20.5. The molecule has 136 valence electrons. The quantitative estimate of drug-likeness (QED) is 0.553. The molecule has 1 unspecified atom stereocenters. The second-order valence-electron chi connectivity index (χ2n) is 5.75. The predicted octanol–water partition coefficient (Wildman–Crippen LogP) is 2.72. The Morgan fingerprint density at radius 1 is 1.04 bits per heavy atom. The van der Waals surface area contributed by atoms with Crippen LogP contribution in [0.5, 0.6) is 11.5 Å². The van der Waals surface area contributed by atoms with Crippen LogP contribution in [0.4, 0.5) is 5.69 Å². The van der Waals surface area contributed by atoms with Crippen LogP contribution in [0.1, 0.15) is 0 Å². The molecule has 3 aliphatic heterocycles. The van der Waals surface area contributed by atoms with Crippen LogP contribution in [-0.2, 0) is 0 Å². The summed E-state index contributed by atoms with van der Waals surface area (Å²) in [5.41, 5.74) is 1.61. The number of aliphatic hydroxyl groups is 1. The van der Waals surface area contributed by atoms with E-state index in [0.717, 1.165) is 54.6 Å². The van der Waals surface area contributed by atoms with Crippen molar-refractivity contribution in [2.75, 3.05) is 23.0 Å². The molecule has 0 aromatic heterocycles. The number of aliphatic hydroxyl groups excluding tert-OH is 1. The van der Waals surface area contributed by atoms with Gasteiger partial charge in [-0.05, 0) is 0 Å². The van der Waals surface area contributed by atoms with E-state index in [-0.39, 0.29) is 0 Å². The number of ether oxygens (including phenoxy) is 1. The van der Waals surface area contributed by atoms with Gasteiger partial charge in [0, 0.05) is 0 Å². The minimum absolute atomic E-state index is 0.334. The van der Waals surface area contributed by atoms with Crippen LogP contribution in [0.3, 0.4) is 0 Å². The van der Waals surface area contributed by atoms with E-state index in [1.165, 1.54) is 0 Å². The molecular weight excluding hydrogens is 532 g/mol. The minimum atomic E-state index is -1.45. The van der Waals surface area contributed by atoms with Crippen molar-refractivity contribution in [2.24, 2.45) is 4.99 Å². The molecule has 3 heterocycles. The van der Waals surface area contributed by atoms with Crippen LogP contribution in [0, 0.1) is 0 Å². The number of allylic oxidation sites excluding steroid dienone is 1. The fourth-order valence-corrected chi connectivity index (χ4v) is 33.0. The predicted molar refractivity (Wildman–Crippen MR) is 119 cm³/mol. The summed E-state index contributed by atoms with van der Waals surface area (Å²) < 4.78 is 8.49. The number of phenols is 1. The molecule has 5 rings (SSSR count). The molecule has 10 heteroatoms. The Morgan fingerprint density at radius 3 is 2.46 bits per heavy atom. The summed E-state index contributed by atoms with van der Waals surface area (Å²) in [7, 11) is 7.95. The van der Waals surface area contributed by atoms with Gasteiger partial charge in [-0.2, -0.15) is 0 Å². The van der Waals surface area contributed by atoms with E-state index in [1.807, 2.05) is 58.3 Å². The van der Waals surface area contributed by atoms with Gasteiger partial charge in [0.2, 0.25) is 0 Å². The standard InChI is InChI=1S/C16H15As2NO3S4/c20-11-3-1-9-15(13(11)17-23-5-6-24-17)22-16-10(19-9)2-4-12(21)14(16)18-25-7-8-26-18/h1-4,11,20-21H,5-8H2. The van der Waals surface area contributed by atoms with Crippen molar-refractivity contribution in [1.29, 1.82) is 0 Å². The molecule has 2 fully saturated rings. The maximum absolute atomic E-state index is 10.6. The third-order valence-electron chi connectivity index (χ3n) is 4.10. The van der Waals surface area contributed by atoms with Crippen LogP contribution >= 0.6 is 40.1 Å². The zero-order chi connectivity index (χ0) is 17.7. The van der Waals surface area contributed by atoms with Gasteiger partial charge < -0.3 is 0 Å². The fourth-order valence-electron chi connectivity index (χ4n) is 2.97. The van der Waals surface area contributed by atoms with Crippen molar-refractivity contribution < 1.29 is 14.9 Å². The average molecular weight is 547 g/mol. The van der Waals surface area contributed by atoms with Gasteiger partial charge in [-0.15, -0.1) is 0 Å². The Kier molecular flexibility index (Phi) is 5.47. The SMILES string of the molecule is Oc1ccc2c(c1[As]1SCCS1)OC1=C([As]3SCCS3)C(O)C=CC1=N2. The Morgan fingerprint density at radius 2 is 1.73 bits per heavy atom. The molecule has 1 aromatic carbocycles. The maximum atomic E-state index is 10.6. The Balaban J connectivity index is 1.64. The first kappa shape index (κ1) is 18.5. The number of aromatic hydroxyl groups is 1. The number of fused-ring (bicyclic) bond motifs is 2. The van der Waals surface area contributed by atoms with Crippen molar-refractivity contribution in [2.45, 2.75) is 6.10 Å². The molecule has 4 aliphatic rings. The third-order valence-corrected chi connectivity index (χ3v) is 31.6. The summed E-state index contributed by atoms with van der Waals surface area (Å²) in [5.74, 6) is 6.39. The van der Waals surface area contributed by atoms with Gasteiger partial charge in [0.15, 0.2) is 0 Å². The summed E-state index contributed by atoms with van der Waals surface area (Å²) in [4.78, 5) is 4.83. The first-order valence-corrected chi connectivity index (χ1v) is 22.9. The third kappa shape index (κ3) is 3.24. The Hall–Kier alpha value is 0.447. The van der Waals surface area contributed by atoms with Gasteiger partial charge in [0.05, 0.1) is 0 Å². The summed E-state index contributed by atoms with van der Waals surface area (Å²) in [6, 6.07) is 3.60. The van der Waals surface area contributed by atoms with Crippen molar-refractivity contribution in [3.8, 4) is 11.5 Å². The van der Waals surface area contributed by atoms with Crippen LogP contribution in [0.2, 0.25) is 0 Å². The van der Waals surface area contributed by atoms with Crippen LogP contribution < -0.4 is 9.09 Å². The second kappa shape index (κ2) is 7.70. The molecule has 2 N–H and O–H groups in total. The van der Waals surface area contributed by atoms with E-state index in [0.29, 0.717) is 5.75 Å². The van der Waals surface area contributed by atoms with Gasteiger partial charge in [0.1, 0.15) is 0 Å². The van der Waals surface area contributed by atoms with Crippen molar-refractivity contribution in [3.05, 3.63) is 34.4 Å². The van der Waals surface area contributed by atoms with E-state index < -0.39 is 30.8 Å². The molecule has 0 saturated carbocycles. The number of hydrogen-bond acceptors (Lipinski definition) is 8. The molecule has 0 radical (unpaired) electrons. The first-order valence-electron chi connectivity index (χ1n) is 8.07. The topological polar surface area (TPSA) is 62.0 Å². The average Bonchev–Trinajstić information content (AvgIpc) is 3.34. The van der Waals surface area contributed by atoms with E-state index in [4.69, 9.17) is 9.73 Å². The van der Waals surface area contributed by atoms with Gasteiger partial charge >= 0.3 is 175 Å². The van der Waals surface area contributed by atoms with E-state index in [9.17, 15) is 10.2 Å². The molecule has 4 nitrogen and oxygen atoms in total. The number of rotatable bonds is 2. The van der Waals surface area contributed by atoms with E-state index in [2.05, 4.69) is 0 Å². The molecule has 2 saturated heterocycles. The molecule has 0 amide bonds. The molecular formula is C16H15As2NO3S4. The molecule has 26 heavy (non-hydrogen) atoms. The number of phenolic OH excluding ortho intramolecular Hbond substituents is 1. The van der Waals surface area contributed by atoms with Gasteiger partial charge in [-0.3, -0.25) is 0 Å². The molecule has 0 bridgehead atoms. The van der Waals surface area contributed by atoms with Crippen LogP contribution in [0.25, 0.3) is 0 Å². The number of aliphatic imine (C=N–C) groups is 1. The summed E-state index contributed by atoms with van der Waals surface area (Å²) in [6.07, 6.45) is 3.13.